The maximum Gasteiger partial charge on any atom is 0.251 e. The van der Waals surface area contributed by atoms with Gasteiger partial charge in [-0.15, -0.1) is 0 Å². The van der Waals surface area contributed by atoms with Crippen LogP contribution in [0.5, 0.6) is 0 Å². The molecule has 1 aromatic heterocycles. The lowest BCUT2D eigenvalue weighted by Gasteiger charge is -2.09. The van der Waals surface area contributed by atoms with Crippen LogP contribution >= 0.6 is 0 Å². The van der Waals surface area contributed by atoms with Crippen molar-refractivity contribution < 1.29 is 4.74 Å². The fourth-order valence-corrected chi connectivity index (χ4v) is 1.50. The van der Waals surface area contributed by atoms with Crippen LogP contribution in [0.25, 0.3) is 0 Å². The molecule has 5 heteroatoms. The van der Waals surface area contributed by atoms with E-state index in [1.54, 1.807) is 7.11 Å². The second-order valence-corrected chi connectivity index (χ2v) is 4.11. The first-order valence-electron chi connectivity index (χ1n) is 5.98. The van der Waals surface area contributed by atoms with Gasteiger partial charge in [0.1, 0.15) is 5.82 Å². The SMILES string of the molecule is CCCNCc1cc(=O)[nH]c(CC(C)OC)n1. The molecule has 0 aliphatic heterocycles. The molecule has 1 rings (SSSR count). The number of ether oxygens (including phenoxy) is 1. The highest BCUT2D eigenvalue weighted by Gasteiger charge is 2.06. The van der Waals surface area contributed by atoms with Crippen molar-refractivity contribution in [3.05, 3.63) is 27.9 Å². The van der Waals surface area contributed by atoms with Gasteiger partial charge in [-0.2, -0.15) is 0 Å². The average Bonchev–Trinajstić information content (AvgIpc) is 2.28. The molecule has 1 unspecified atom stereocenters. The Morgan fingerprint density at radius 3 is 3.00 bits per heavy atom. The maximum absolute atomic E-state index is 11.4. The maximum atomic E-state index is 11.4. The molecule has 5 nitrogen and oxygen atoms in total. The van der Waals surface area contributed by atoms with Crippen molar-refractivity contribution in [2.75, 3.05) is 13.7 Å². The number of methoxy groups -OCH3 is 1. The van der Waals surface area contributed by atoms with Crippen LogP contribution in [0.3, 0.4) is 0 Å². The third-order valence-corrected chi connectivity index (χ3v) is 2.46. The smallest absolute Gasteiger partial charge is 0.251 e. The lowest BCUT2D eigenvalue weighted by atomic mass is 10.2. The van der Waals surface area contributed by atoms with Crippen LogP contribution in [0, 0.1) is 0 Å². The first-order valence-corrected chi connectivity index (χ1v) is 5.98. The van der Waals surface area contributed by atoms with Gasteiger partial charge in [0.15, 0.2) is 0 Å². The highest BCUT2D eigenvalue weighted by atomic mass is 16.5. The van der Waals surface area contributed by atoms with E-state index in [0.717, 1.165) is 18.7 Å². The predicted octanol–water partition coefficient (Wildman–Crippen LogP) is 0.847. The van der Waals surface area contributed by atoms with Gasteiger partial charge in [-0.1, -0.05) is 6.92 Å². The van der Waals surface area contributed by atoms with E-state index in [2.05, 4.69) is 22.2 Å². The van der Waals surface area contributed by atoms with E-state index in [1.165, 1.54) is 6.07 Å². The highest BCUT2D eigenvalue weighted by Crippen LogP contribution is 1.99. The molecule has 0 bridgehead atoms. The zero-order chi connectivity index (χ0) is 12.7. The van der Waals surface area contributed by atoms with Crippen LogP contribution in [0.1, 0.15) is 31.8 Å². The molecular weight excluding hydrogens is 218 g/mol. The fraction of sp³-hybridized carbons (Fsp3) is 0.667. The number of nitrogens with one attached hydrogen (secondary N) is 2. The van der Waals surface area contributed by atoms with Crippen molar-refractivity contribution in [2.45, 2.75) is 39.3 Å². The molecule has 0 spiro atoms. The zero-order valence-electron chi connectivity index (χ0n) is 10.7. The Kier molecular flexibility index (Phi) is 5.86. The van der Waals surface area contributed by atoms with Crippen LogP contribution < -0.4 is 10.9 Å². The molecule has 0 fully saturated rings. The van der Waals surface area contributed by atoms with Gasteiger partial charge in [-0.25, -0.2) is 4.98 Å². The number of aromatic amines is 1. The van der Waals surface area contributed by atoms with E-state index in [0.29, 0.717) is 18.8 Å². The average molecular weight is 239 g/mol. The molecule has 0 saturated carbocycles. The summed E-state index contributed by atoms with van der Waals surface area (Å²) < 4.78 is 5.15. The van der Waals surface area contributed by atoms with E-state index in [1.807, 2.05) is 6.92 Å². The molecule has 0 amide bonds. The molecule has 0 aliphatic carbocycles. The van der Waals surface area contributed by atoms with Crippen LogP contribution in [-0.4, -0.2) is 29.7 Å². The zero-order valence-corrected chi connectivity index (χ0v) is 10.7. The van der Waals surface area contributed by atoms with Crippen LogP contribution in [-0.2, 0) is 17.7 Å². The minimum absolute atomic E-state index is 0.0528. The van der Waals surface area contributed by atoms with E-state index in [-0.39, 0.29) is 11.7 Å². The quantitative estimate of drug-likeness (QED) is 0.692. The molecule has 0 saturated heterocycles. The van der Waals surface area contributed by atoms with Gasteiger partial charge in [-0.3, -0.25) is 4.79 Å². The van der Waals surface area contributed by atoms with Gasteiger partial charge in [0.2, 0.25) is 0 Å². The van der Waals surface area contributed by atoms with Crippen molar-refractivity contribution in [3.63, 3.8) is 0 Å². The Morgan fingerprint density at radius 2 is 2.35 bits per heavy atom. The molecule has 17 heavy (non-hydrogen) atoms. The summed E-state index contributed by atoms with van der Waals surface area (Å²) in [7, 11) is 1.65. The first kappa shape index (κ1) is 13.9. The Morgan fingerprint density at radius 1 is 1.59 bits per heavy atom. The van der Waals surface area contributed by atoms with E-state index < -0.39 is 0 Å². The second-order valence-electron chi connectivity index (χ2n) is 4.11. The van der Waals surface area contributed by atoms with Gasteiger partial charge < -0.3 is 15.0 Å². The van der Waals surface area contributed by atoms with Gasteiger partial charge in [0.25, 0.3) is 5.56 Å². The topological polar surface area (TPSA) is 67.0 Å². The van der Waals surface area contributed by atoms with Crippen LogP contribution in [0.15, 0.2) is 10.9 Å². The molecule has 1 aromatic rings. The molecule has 2 N–H and O–H groups in total. The van der Waals surface area contributed by atoms with Crippen molar-refractivity contribution >= 4 is 0 Å². The molecular formula is C12H21N3O2. The lowest BCUT2D eigenvalue weighted by molar-refractivity contribution is 0.117. The summed E-state index contributed by atoms with van der Waals surface area (Å²) in [4.78, 5) is 18.6. The lowest BCUT2D eigenvalue weighted by Crippen LogP contribution is -2.21. The normalized spacial score (nSPS) is 12.6. The summed E-state index contributed by atoms with van der Waals surface area (Å²) in [5.74, 6) is 0.681. The summed E-state index contributed by atoms with van der Waals surface area (Å²) in [6.45, 7) is 5.61. The van der Waals surface area contributed by atoms with Crippen molar-refractivity contribution in [2.24, 2.45) is 0 Å². The Hall–Kier alpha value is -1.20. The van der Waals surface area contributed by atoms with Gasteiger partial charge in [-0.05, 0) is 19.9 Å². The van der Waals surface area contributed by atoms with Crippen molar-refractivity contribution in [1.29, 1.82) is 0 Å². The minimum atomic E-state index is -0.105. The van der Waals surface area contributed by atoms with E-state index in [9.17, 15) is 4.79 Å². The molecule has 0 radical (unpaired) electrons. The summed E-state index contributed by atoms with van der Waals surface area (Å²) in [6, 6.07) is 1.53. The Balaban J connectivity index is 2.69. The number of aromatic nitrogens is 2. The third kappa shape index (κ3) is 5.10. The number of hydrogen-bond acceptors (Lipinski definition) is 4. The molecule has 96 valence electrons. The summed E-state index contributed by atoms with van der Waals surface area (Å²) in [6.07, 6.45) is 1.74. The van der Waals surface area contributed by atoms with Gasteiger partial charge >= 0.3 is 0 Å². The van der Waals surface area contributed by atoms with Crippen molar-refractivity contribution in [3.8, 4) is 0 Å². The van der Waals surface area contributed by atoms with Gasteiger partial charge in [0, 0.05) is 26.1 Å². The third-order valence-electron chi connectivity index (χ3n) is 2.46. The predicted molar refractivity (Wildman–Crippen MR) is 67.0 cm³/mol. The minimum Gasteiger partial charge on any atom is -0.381 e. The number of hydrogen-bond donors (Lipinski definition) is 2. The second kappa shape index (κ2) is 7.19. The van der Waals surface area contributed by atoms with E-state index in [4.69, 9.17) is 4.74 Å². The molecule has 1 atom stereocenters. The summed E-state index contributed by atoms with van der Waals surface area (Å²) in [5.41, 5.74) is 0.673. The number of H-pyrrole nitrogens is 1. The summed E-state index contributed by atoms with van der Waals surface area (Å²) in [5, 5.41) is 3.23. The van der Waals surface area contributed by atoms with Crippen LogP contribution in [0.4, 0.5) is 0 Å². The van der Waals surface area contributed by atoms with Gasteiger partial charge in [0.05, 0.1) is 11.8 Å². The number of nitrogens with zero attached hydrogens (tertiary/aromatic N) is 1. The standard InChI is InChI=1S/C12H21N3O2/c1-4-5-13-8-10-7-12(16)15-11(14-10)6-9(2)17-3/h7,9,13H,4-6,8H2,1-3H3,(H,14,15,16). The Labute approximate surface area is 102 Å². The molecule has 0 aromatic carbocycles. The monoisotopic (exact) mass is 239 g/mol. The van der Waals surface area contributed by atoms with Crippen LogP contribution in [0.2, 0.25) is 0 Å². The van der Waals surface area contributed by atoms with E-state index >= 15 is 0 Å². The fourth-order valence-electron chi connectivity index (χ4n) is 1.50. The molecule has 0 aliphatic rings. The Bertz CT molecular complexity index is 390. The highest BCUT2D eigenvalue weighted by molar-refractivity contribution is 5.03. The number of rotatable bonds is 7. The molecule has 1 heterocycles. The first-order chi connectivity index (χ1) is 8.15. The summed E-state index contributed by atoms with van der Waals surface area (Å²) >= 11 is 0. The van der Waals surface area contributed by atoms with Crippen molar-refractivity contribution in [1.82, 2.24) is 15.3 Å². The largest absolute Gasteiger partial charge is 0.381 e.